The Morgan fingerprint density at radius 1 is 0.750 bits per heavy atom. The fourth-order valence-corrected chi connectivity index (χ4v) is 5.91. The van der Waals surface area contributed by atoms with Crippen LogP contribution in [0.15, 0.2) is 72.8 Å². The highest BCUT2D eigenvalue weighted by atomic mass is 32.2. The molecule has 6 nitrogen and oxygen atoms in total. The van der Waals surface area contributed by atoms with Gasteiger partial charge in [-0.05, 0) is 28.8 Å². The van der Waals surface area contributed by atoms with Crippen LogP contribution in [-0.2, 0) is 15.8 Å². The maximum Gasteiger partial charge on any atom is 0.253 e. The van der Waals surface area contributed by atoms with Crippen molar-refractivity contribution in [1.82, 2.24) is 9.21 Å². The topological polar surface area (TPSA) is 74.8 Å². The van der Waals surface area contributed by atoms with Gasteiger partial charge in [-0.3, -0.25) is 9.59 Å². The van der Waals surface area contributed by atoms with Crippen molar-refractivity contribution in [3.05, 3.63) is 95.1 Å². The zero-order chi connectivity index (χ0) is 22.3. The van der Waals surface area contributed by atoms with Crippen LogP contribution in [0.5, 0.6) is 0 Å². The van der Waals surface area contributed by atoms with Gasteiger partial charge in [0.2, 0.25) is 10.0 Å². The third-order valence-corrected chi connectivity index (χ3v) is 7.93. The average molecular weight is 447 g/mol. The van der Waals surface area contributed by atoms with Gasteiger partial charge in [-0.15, -0.1) is 0 Å². The lowest BCUT2D eigenvalue weighted by molar-refractivity contribution is 0.0698. The quantitative estimate of drug-likeness (QED) is 0.483. The maximum absolute atomic E-state index is 13.1. The number of nitrogens with zero attached hydrogens (tertiary/aromatic N) is 2. The Morgan fingerprint density at radius 3 is 2.09 bits per heavy atom. The van der Waals surface area contributed by atoms with Crippen LogP contribution >= 0.6 is 0 Å². The van der Waals surface area contributed by atoms with Crippen molar-refractivity contribution in [2.75, 3.05) is 26.2 Å². The molecule has 0 unspecified atom stereocenters. The standard InChI is InChI=1S/C25H22N2O4S/c28-24-22-9-5-4-8-20(22)21-11-10-19(16-23(21)24)25(29)26-12-14-27(15-13-26)32(30,31)17-18-6-2-1-3-7-18/h1-11,16H,12-15,17H2. The highest BCUT2D eigenvalue weighted by Gasteiger charge is 2.31. The van der Waals surface area contributed by atoms with Crippen LogP contribution in [0.4, 0.5) is 0 Å². The van der Waals surface area contributed by atoms with Gasteiger partial charge >= 0.3 is 0 Å². The minimum Gasteiger partial charge on any atom is -0.336 e. The molecule has 0 spiro atoms. The van der Waals surface area contributed by atoms with E-state index in [9.17, 15) is 18.0 Å². The molecule has 1 amide bonds. The highest BCUT2D eigenvalue weighted by Crippen LogP contribution is 2.36. The highest BCUT2D eigenvalue weighted by molar-refractivity contribution is 7.88. The Labute approximate surface area is 187 Å². The molecule has 7 heteroatoms. The summed E-state index contributed by atoms with van der Waals surface area (Å²) in [6.07, 6.45) is 0. The summed E-state index contributed by atoms with van der Waals surface area (Å²) >= 11 is 0. The van der Waals surface area contributed by atoms with E-state index >= 15 is 0 Å². The molecule has 0 saturated carbocycles. The van der Waals surface area contributed by atoms with Crippen LogP contribution in [0.1, 0.15) is 31.8 Å². The molecule has 1 fully saturated rings. The van der Waals surface area contributed by atoms with E-state index in [1.54, 1.807) is 35.2 Å². The van der Waals surface area contributed by atoms with Crippen molar-refractivity contribution in [3.63, 3.8) is 0 Å². The Morgan fingerprint density at radius 2 is 1.38 bits per heavy atom. The number of amides is 1. The lowest BCUT2D eigenvalue weighted by Gasteiger charge is -2.34. The summed E-state index contributed by atoms with van der Waals surface area (Å²) in [6, 6.07) is 21.8. The summed E-state index contributed by atoms with van der Waals surface area (Å²) in [5.74, 6) is -0.298. The normalized spacial score (nSPS) is 16.0. The molecule has 1 aliphatic heterocycles. The molecule has 0 radical (unpaired) electrons. The van der Waals surface area contributed by atoms with Gasteiger partial charge in [-0.2, -0.15) is 4.31 Å². The molecule has 162 valence electrons. The van der Waals surface area contributed by atoms with Gasteiger partial charge in [-0.25, -0.2) is 8.42 Å². The molecule has 0 atom stereocenters. The smallest absolute Gasteiger partial charge is 0.253 e. The number of sulfonamides is 1. The van der Waals surface area contributed by atoms with Crippen molar-refractivity contribution >= 4 is 21.7 Å². The molecule has 1 heterocycles. The third kappa shape index (κ3) is 3.63. The molecule has 1 aliphatic carbocycles. The zero-order valence-corrected chi connectivity index (χ0v) is 18.2. The zero-order valence-electron chi connectivity index (χ0n) is 17.4. The monoisotopic (exact) mass is 446 g/mol. The molecular formula is C25H22N2O4S. The van der Waals surface area contributed by atoms with Gasteiger partial charge in [0.1, 0.15) is 0 Å². The minimum atomic E-state index is -3.45. The van der Waals surface area contributed by atoms with Crippen molar-refractivity contribution in [1.29, 1.82) is 0 Å². The molecule has 0 aromatic heterocycles. The largest absolute Gasteiger partial charge is 0.336 e. The summed E-state index contributed by atoms with van der Waals surface area (Å²) in [5.41, 5.74) is 4.13. The van der Waals surface area contributed by atoms with Crippen LogP contribution in [0, 0.1) is 0 Å². The van der Waals surface area contributed by atoms with E-state index in [1.165, 1.54) is 4.31 Å². The van der Waals surface area contributed by atoms with E-state index in [0.29, 0.717) is 29.8 Å². The number of ketones is 1. The van der Waals surface area contributed by atoms with Crippen molar-refractivity contribution in [2.45, 2.75) is 5.75 Å². The number of carbonyl (C=O) groups is 2. The fourth-order valence-electron chi connectivity index (χ4n) is 4.39. The Balaban J connectivity index is 1.28. The average Bonchev–Trinajstić information content (AvgIpc) is 3.11. The number of hydrogen-bond acceptors (Lipinski definition) is 4. The Kier molecular flexibility index (Phi) is 5.15. The number of rotatable bonds is 4. The van der Waals surface area contributed by atoms with Crippen LogP contribution in [0.25, 0.3) is 11.1 Å². The van der Waals surface area contributed by atoms with Gasteiger partial charge in [0.15, 0.2) is 5.78 Å². The SMILES string of the molecule is O=C1c2ccccc2-c2ccc(C(=O)N3CCN(S(=O)(=O)Cc4ccccc4)CC3)cc21. The number of benzene rings is 3. The first-order valence-corrected chi connectivity index (χ1v) is 12.1. The number of piperazine rings is 1. The minimum absolute atomic E-state index is 0.0463. The molecule has 2 aliphatic rings. The van der Waals surface area contributed by atoms with Crippen LogP contribution in [-0.4, -0.2) is 55.5 Å². The fraction of sp³-hybridized carbons (Fsp3) is 0.200. The summed E-state index contributed by atoms with van der Waals surface area (Å²) < 4.78 is 27.0. The van der Waals surface area contributed by atoms with E-state index in [2.05, 4.69) is 0 Å². The molecule has 3 aromatic carbocycles. The van der Waals surface area contributed by atoms with Crippen LogP contribution in [0.2, 0.25) is 0 Å². The van der Waals surface area contributed by atoms with Gasteiger partial charge in [0, 0.05) is 42.9 Å². The number of carbonyl (C=O) groups excluding carboxylic acids is 2. The molecular weight excluding hydrogens is 424 g/mol. The Hall–Kier alpha value is -3.29. The molecule has 0 N–H and O–H groups in total. The van der Waals surface area contributed by atoms with E-state index in [0.717, 1.165) is 16.7 Å². The second kappa shape index (κ2) is 8.00. The van der Waals surface area contributed by atoms with Crippen molar-refractivity contribution in [2.24, 2.45) is 0 Å². The van der Waals surface area contributed by atoms with E-state index in [1.807, 2.05) is 42.5 Å². The van der Waals surface area contributed by atoms with E-state index in [-0.39, 0.29) is 30.5 Å². The lowest BCUT2D eigenvalue weighted by Crippen LogP contribution is -2.50. The second-order valence-corrected chi connectivity index (χ2v) is 10.0. The summed E-state index contributed by atoms with van der Waals surface area (Å²) in [7, 11) is -3.45. The predicted octanol–water partition coefficient (Wildman–Crippen LogP) is 3.19. The van der Waals surface area contributed by atoms with Crippen LogP contribution in [0.3, 0.4) is 0 Å². The summed E-state index contributed by atoms with van der Waals surface area (Å²) in [5, 5.41) is 0. The summed E-state index contributed by atoms with van der Waals surface area (Å²) in [6.45, 7) is 1.16. The Bertz CT molecular complexity index is 1310. The third-order valence-electron chi connectivity index (χ3n) is 6.08. The first-order chi connectivity index (χ1) is 15.4. The van der Waals surface area contributed by atoms with Crippen LogP contribution < -0.4 is 0 Å². The molecule has 32 heavy (non-hydrogen) atoms. The molecule has 5 rings (SSSR count). The van der Waals surface area contributed by atoms with Gasteiger partial charge < -0.3 is 4.90 Å². The molecule has 0 bridgehead atoms. The van der Waals surface area contributed by atoms with Crippen molar-refractivity contribution in [3.8, 4) is 11.1 Å². The summed E-state index contributed by atoms with van der Waals surface area (Å²) in [4.78, 5) is 27.5. The second-order valence-electron chi connectivity index (χ2n) is 8.07. The van der Waals surface area contributed by atoms with Crippen molar-refractivity contribution < 1.29 is 18.0 Å². The molecule has 3 aromatic rings. The van der Waals surface area contributed by atoms with Gasteiger partial charge in [-0.1, -0.05) is 60.7 Å². The maximum atomic E-state index is 13.1. The first-order valence-electron chi connectivity index (χ1n) is 10.5. The first kappa shape index (κ1) is 20.6. The number of hydrogen-bond donors (Lipinski definition) is 0. The van der Waals surface area contributed by atoms with Gasteiger partial charge in [0.25, 0.3) is 5.91 Å². The predicted molar refractivity (Wildman–Crippen MR) is 122 cm³/mol. The molecule has 1 saturated heterocycles. The van der Waals surface area contributed by atoms with E-state index in [4.69, 9.17) is 0 Å². The number of fused-ring (bicyclic) bond motifs is 3. The van der Waals surface area contributed by atoms with E-state index < -0.39 is 10.0 Å². The van der Waals surface area contributed by atoms with Gasteiger partial charge in [0.05, 0.1) is 5.75 Å². The lowest BCUT2D eigenvalue weighted by atomic mass is 10.0.